The molecule has 1 heterocycles. The second-order valence-corrected chi connectivity index (χ2v) is 11.0. The Morgan fingerprint density at radius 3 is 1.62 bits per heavy atom. The highest BCUT2D eigenvalue weighted by Gasteiger charge is 2.18. The molecule has 8 rings (SSSR count). The van der Waals surface area contributed by atoms with E-state index >= 15 is 0 Å². The molecule has 7 aromatic rings. The first-order valence-electron chi connectivity index (χ1n) is 14.2. The van der Waals surface area contributed by atoms with E-state index in [2.05, 4.69) is 151 Å². The van der Waals surface area contributed by atoms with E-state index < -0.39 is 0 Å². The lowest BCUT2D eigenvalue weighted by Crippen LogP contribution is -2.33. The van der Waals surface area contributed by atoms with Crippen molar-refractivity contribution in [2.45, 2.75) is 13.3 Å². The Balaban J connectivity index is 1.39. The van der Waals surface area contributed by atoms with Crippen molar-refractivity contribution in [3.8, 4) is 27.9 Å². The molecule has 1 heteroatoms. The summed E-state index contributed by atoms with van der Waals surface area (Å²) in [4.78, 5) is 0. The normalized spacial score (nSPS) is 14.7. The lowest BCUT2D eigenvalue weighted by molar-refractivity contribution is 0.801. The zero-order chi connectivity index (χ0) is 26.6. The van der Waals surface area contributed by atoms with Crippen LogP contribution in [0.25, 0.3) is 72.7 Å². The van der Waals surface area contributed by atoms with E-state index in [0.29, 0.717) is 5.92 Å². The SMILES string of the molecule is CC1C=c2c(-c3ccc(-n4c5ccccc5c5ccccc54)cc3)c3ccccc3c(-c3ccccc3)c2=CC1. The molecule has 0 saturated heterocycles. The third-order valence-electron chi connectivity index (χ3n) is 8.50. The van der Waals surface area contributed by atoms with Crippen molar-refractivity contribution >= 4 is 44.7 Å². The minimum atomic E-state index is 0.507. The number of aromatic nitrogens is 1. The lowest BCUT2D eigenvalue weighted by atomic mass is 9.84. The maximum absolute atomic E-state index is 2.49. The summed E-state index contributed by atoms with van der Waals surface area (Å²) in [6, 6.07) is 46.4. The molecule has 6 aromatic carbocycles. The van der Waals surface area contributed by atoms with Crippen LogP contribution in [0.15, 0.2) is 127 Å². The van der Waals surface area contributed by atoms with Gasteiger partial charge in [-0.1, -0.05) is 122 Å². The molecule has 0 N–H and O–H groups in total. The number of fused-ring (bicyclic) bond motifs is 5. The van der Waals surface area contributed by atoms with E-state index in [1.54, 1.807) is 0 Å². The van der Waals surface area contributed by atoms with Gasteiger partial charge in [-0.15, -0.1) is 0 Å². The maximum Gasteiger partial charge on any atom is 0.0541 e. The van der Waals surface area contributed by atoms with Crippen molar-refractivity contribution in [2.75, 3.05) is 0 Å². The van der Waals surface area contributed by atoms with Crippen molar-refractivity contribution in [1.82, 2.24) is 4.57 Å². The predicted octanol–water partition coefficient (Wildman–Crippen LogP) is 8.87. The summed E-state index contributed by atoms with van der Waals surface area (Å²) in [6.45, 7) is 2.33. The second kappa shape index (κ2) is 9.10. The molecule has 1 nitrogen and oxygen atoms in total. The Kier molecular flexibility index (Phi) is 5.24. The molecule has 0 saturated carbocycles. The van der Waals surface area contributed by atoms with Gasteiger partial charge in [0.25, 0.3) is 0 Å². The van der Waals surface area contributed by atoms with Crippen LogP contribution in [-0.2, 0) is 0 Å². The lowest BCUT2D eigenvalue weighted by Gasteiger charge is -2.19. The minimum Gasteiger partial charge on any atom is -0.309 e. The van der Waals surface area contributed by atoms with Gasteiger partial charge in [0.15, 0.2) is 0 Å². The first-order valence-corrected chi connectivity index (χ1v) is 14.2. The van der Waals surface area contributed by atoms with Crippen molar-refractivity contribution in [3.63, 3.8) is 0 Å². The van der Waals surface area contributed by atoms with E-state index in [1.165, 1.54) is 71.0 Å². The summed E-state index contributed by atoms with van der Waals surface area (Å²) in [5.74, 6) is 0.507. The average molecular weight is 512 g/mol. The Morgan fingerprint density at radius 1 is 0.500 bits per heavy atom. The molecule has 1 unspecified atom stereocenters. The Hall–Kier alpha value is -4.88. The summed E-state index contributed by atoms with van der Waals surface area (Å²) in [7, 11) is 0. The van der Waals surface area contributed by atoms with Crippen LogP contribution in [0.3, 0.4) is 0 Å². The molecule has 0 amide bonds. The van der Waals surface area contributed by atoms with Gasteiger partial charge >= 0.3 is 0 Å². The fourth-order valence-electron chi connectivity index (χ4n) is 6.72. The summed E-state index contributed by atoms with van der Waals surface area (Å²) in [6.07, 6.45) is 6.02. The highest BCUT2D eigenvalue weighted by Crippen LogP contribution is 2.35. The fraction of sp³-hybridized carbons (Fsp3) is 0.0769. The van der Waals surface area contributed by atoms with Crippen LogP contribution in [0.1, 0.15) is 13.3 Å². The summed E-state index contributed by atoms with van der Waals surface area (Å²) >= 11 is 0. The minimum absolute atomic E-state index is 0.507. The van der Waals surface area contributed by atoms with E-state index in [9.17, 15) is 0 Å². The molecule has 0 bridgehead atoms. The smallest absolute Gasteiger partial charge is 0.0541 e. The van der Waals surface area contributed by atoms with Crippen molar-refractivity contribution < 1.29 is 0 Å². The van der Waals surface area contributed by atoms with Crippen LogP contribution in [0.5, 0.6) is 0 Å². The average Bonchev–Trinajstić information content (AvgIpc) is 3.35. The first-order chi connectivity index (χ1) is 19.8. The van der Waals surface area contributed by atoms with Crippen molar-refractivity contribution in [2.24, 2.45) is 5.92 Å². The van der Waals surface area contributed by atoms with Gasteiger partial charge in [-0.3, -0.25) is 0 Å². The van der Waals surface area contributed by atoms with Gasteiger partial charge in [0.05, 0.1) is 11.0 Å². The second-order valence-electron chi connectivity index (χ2n) is 11.0. The first kappa shape index (κ1) is 23.0. The number of hydrogen-bond donors (Lipinski definition) is 0. The van der Waals surface area contributed by atoms with Gasteiger partial charge in [-0.25, -0.2) is 0 Å². The monoisotopic (exact) mass is 511 g/mol. The number of benzene rings is 6. The zero-order valence-electron chi connectivity index (χ0n) is 22.5. The van der Waals surface area contributed by atoms with Gasteiger partial charge in [-0.05, 0) is 80.1 Å². The molecule has 1 atom stereocenters. The maximum atomic E-state index is 2.49. The predicted molar refractivity (Wildman–Crippen MR) is 171 cm³/mol. The molecule has 0 radical (unpaired) electrons. The molecular formula is C39H29N. The topological polar surface area (TPSA) is 4.93 Å². The van der Waals surface area contributed by atoms with E-state index in [-0.39, 0.29) is 0 Å². The summed E-state index contributed by atoms with van der Waals surface area (Å²) in [5, 5.41) is 7.93. The van der Waals surface area contributed by atoms with Gasteiger partial charge in [-0.2, -0.15) is 0 Å². The Bertz CT molecular complexity index is 2130. The summed E-state index contributed by atoms with van der Waals surface area (Å²) in [5.41, 5.74) is 8.88. The largest absolute Gasteiger partial charge is 0.309 e. The van der Waals surface area contributed by atoms with Gasteiger partial charge < -0.3 is 4.57 Å². The highest BCUT2D eigenvalue weighted by molar-refractivity contribution is 6.09. The van der Waals surface area contributed by atoms with Crippen LogP contribution >= 0.6 is 0 Å². The molecule has 1 aromatic heterocycles. The van der Waals surface area contributed by atoms with Crippen LogP contribution in [-0.4, -0.2) is 4.57 Å². The molecule has 1 aliphatic carbocycles. The molecule has 0 spiro atoms. The van der Waals surface area contributed by atoms with Crippen LogP contribution in [0.2, 0.25) is 0 Å². The van der Waals surface area contributed by atoms with E-state index in [0.717, 1.165) is 6.42 Å². The number of nitrogens with zero attached hydrogens (tertiary/aromatic N) is 1. The zero-order valence-corrected chi connectivity index (χ0v) is 22.5. The third-order valence-corrected chi connectivity index (χ3v) is 8.50. The third kappa shape index (κ3) is 3.48. The van der Waals surface area contributed by atoms with Gasteiger partial charge in [0.2, 0.25) is 0 Å². The summed E-state index contributed by atoms with van der Waals surface area (Å²) < 4.78 is 2.39. The van der Waals surface area contributed by atoms with Gasteiger partial charge in [0.1, 0.15) is 0 Å². The number of hydrogen-bond acceptors (Lipinski definition) is 0. The van der Waals surface area contributed by atoms with Gasteiger partial charge in [0, 0.05) is 16.5 Å². The van der Waals surface area contributed by atoms with E-state index in [1.807, 2.05) is 0 Å². The fourth-order valence-corrected chi connectivity index (χ4v) is 6.72. The highest BCUT2D eigenvalue weighted by atomic mass is 15.0. The molecule has 0 aliphatic heterocycles. The van der Waals surface area contributed by atoms with Crippen molar-refractivity contribution in [3.05, 3.63) is 138 Å². The van der Waals surface area contributed by atoms with E-state index in [4.69, 9.17) is 0 Å². The van der Waals surface area contributed by atoms with Crippen LogP contribution in [0.4, 0.5) is 0 Å². The molecule has 40 heavy (non-hydrogen) atoms. The molecule has 1 aliphatic rings. The standard InChI is InChI=1S/C39H29N/c1-26-19-24-34-35(25-26)39(33-16-6-5-15-32(33)38(34)27-11-3-2-4-12-27)28-20-22-29(23-21-28)40-36-17-9-7-13-30(36)31-14-8-10-18-37(31)40/h2-18,20-26H,19H2,1H3. The molecule has 0 fully saturated rings. The molecular weight excluding hydrogens is 482 g/mol. The van der Waals surface area contributed by atoms with Crippen LogP contribution < -0.4 is 10.4 Å². The quantitative estimate of drug-likeness (QED) is 0.223. The number of para-hydroxylation sites is 2. The Labute approximate surface area is 234 Å². The molecule has 190 valence electrons. The number of rotatable bonds is 3. The van der Waals surface area contributed by atoms with Crippen LogP contribution in [0, 0.1) is 5.92 Å². The van der Waals surface area contributed by atoms with Crippen molar-refractivity contribution in [1.29, 1.82) is 0 Å². The Morgan fingerprint density at radius 2 is 1.00 bits per heavy atom.